The summed E-state index contributed by atoms with van der Waals surface area (Å²) in [6, 6.07) is 1.75. The van der Waals surface area contributed by atoms with Gasteiger partial charge >= 0.3 is 0 Å². The first-order valence-electron chi connectivity index (χ1n) is 5.96. The molecule has 3 nitrogen and oxygen atoms in total. The molecule has 0 aliphatic carbocycles. The number of rotatable bonds is 1. The first kappa shape index (κ1) is 7.42. The SMILES string of the molecule is [2H]C([2H])([2H])c1nc(C#Cc2cncc(O[11CH3])c2)cs1. The molecule has 2 aromatic rings. The molecule has 0 atom stereocenters. The molecule has 0 N–H and O–H groups in total. The maximum Gasteiger partial charge on any atom is 0.138 e. The Bertz CT molecular complexity index is 640. The number of pyridine rings is 1. The van der Waals surface area contributed by atoms with Gasteiger partial charge in [0, 0.05) is 21.3 Å². The van der Waals surface area contributed by atoms with Crippen LogP contribution < -0.4 is 4.74 Å². The van der Waals surface area contributed by atoms with Crippen molar-refractivity contribution in [2.45, 2.75) is 6.85 Å². The average Bonchev–Trinajstić information content (AvgIpc) is 2.85. The van der Waals surface area contributed by atoms with Crippen molar-refractivity contribution in [3.63, 3.8) is 0 Å². The topological polar surface area (TPSA) is 35.0 Å². The summed E-state index contributed by atoms with van der Waals surface area (Å²) in [7, 11) is 1.55. The van der Waals surface area contributed by atoms with E-state index in [1.165, 1.54) is 0 Å². The van der Waals surface area contributed by atoms with Gasteiger partial charge in [-0.15, -0.1) is 11.3 Å². The molecule has 0 spiro atoms. The number of aromatic nitrogens is 2. The molecule has 0 aliphatic rings. The zero-order valence-corrected chi connectivity index (χ0v) is 9.34. The van der Waals surface area contributed by atoms with Crippen LogP contribution in [-0.2, 0) is 0 Å². The molecule has 0 fully saturated rings. The van der Waals surface area contributed by atoms with Crippen LogP contribution in [0.3, 0.4) is 0 Å². The molecule has 2 rings (SSSR count). The van der Waals surface area contributed by atoms with Gasteiger partial charge in [0.2, 0.25) is 0 Å². The monoisotopic (exact) mass is 232 g/mol. The van der Waals surface area contributed by atoms with E-state index in [0.717, 1.165) is 11.3 Å². The molecule has 80 valence electrons. The highest BCUT2D eigenvalue weighted by atomic mass is 32.1. The Kier molecular flexibility index (Phi) is 2.21. The largest absolute Gasteiger partial charge is 0.495 e. The summed E-state index contributed by atoms with van der Waals surface area (Å²) in [5.41, 5.74) is 1.13. The Morgan fingerprint density at radius 1 is 1.44 bits per heavy atom. The van der Waals surface area contributed by atoms with Crippen molar-refractivity contribution in [3.05, 3.63) is 40.1 Å². The quantitative estimate of drug-likeness (QED) is 0.707. The Hall–Kier alpha value is -1.86. The van der Waals surface area contributed by atoms with Gasteiger partial charge in [-0.1, -0.05) is 5.92 Å². The molecule has 0 aliphatic heterocycles. The van der Waals surface area contributed by atoms with Crippen LogP contribution in [0.15, 0.2) is 23.8 Å². The highest BCUT2D eigenvalue weighted by Gasteiger charge is 1.94. The van der Waals surface area contributed by atoms with Crippen molar-refractivity contribution >= 4 is 11.3 Å². The fraction of sp³-hybridized carbons (Fsp3) is 0.167. The standard InChI is InChI=1S/C12H10N2OS/c1-9-14-11(8-16-9)4-3-10-5-12(15-2)7-13-6-10/h5-8H,1-2H3/i1D3,2-1. The number of nitrogens with zero attached hydrogens (tertiary/aromatic N) is 2. The second kappa shape index (κ2) is 4.77. The van der Waals surface area contributed by atoms with E-state index in [9.17, 15) is 0 Å². The lowest BCUT2D eigenvalue weighted by Crippen LogP contribution is -1.85. The van der Waals surface area contributed by atoms with E-state index in [-0.39, 0.29) is 5.01 Å². The van der Waals surface area contributed by atoms with E-state index in [1.807, 2.05) is 0 Å². The Balaban J connectivity index is 2.22. The van der Waals surface area contributed by atoms with Gasteiger partial charge in [-0.05, 0) is 18.8 Å². The third kappa shape index (κ3) is 2.59. The molecule has 0 radical (unpaired) electrons. The molecule has 2 heterocycles. The van der Waals surface area contributed by atoms with Gasteiger partial charge in [-0.25, -0.2) is 4.98 Å². The molecule has 0 aromatic carbocycles. The number of aryl methyl sites for hydroxylation is 1. The molecule has 0 unspecified atom stereocenters. The van der Waals surface area contributed by atoms with Crippen molar-refractivity contribution in [2.75, 3.05) is 7.11 Å². The molecule has 0 bridgehead atoms. The minimum atomic E-state index is -2.18. The van der Waals surface area contributed by atoms with Crippen LogP contribution in [0.2, 0.25) is 0 Å². The van der Waals surface area contributed by atoms with Gasteiger partial charge in [0.25, 0.3) is 0 Å². The first-order valence-corrected chi connectivity index (χ1v) is 5.34. The molecule has 0 amide bonds. The fourth-order valence-electron chi connectivity index (χ4n) is 1.07. The number of thiazole rings is 1. The van der Waals surface area contributed by atoms with E-state index in [0.29, 0.717) is 17.0 Å². The smallest absolute Gasteiger partial charge is 0.138 e. The molecule has 4 heteroatoms. The second-order valence-electron chi connectivity index (χ2n) is 2.90. The van der Waals surface area contributed by atoms with Crippen molar-refractivity contribution in [2.24, 2.45) is 0 Å². The van der Waals surface area contributed by atoms with Gasteiger partial charge in [-0.2, -0.15) is 0 Å². The van der Waals surface area contributed by atoms with Gasteiger partial charge in [0.15, 0.2) is 0 Å². The number of hydrogen-bond acceptors (Lipinski definition) is 4. The van der Waals surface area contributed by atoms with Gasteiger partial charge in [0.1, 0.15) is 11.4 Å². The van der Waals surface area contributed by atoms with E-state index >= 15 is 0 Å². The number of methoxy groups -OCH3 is 1. The summed E-state index contributed by atoms with van der Waals surface area (Å²) >= 11 is 1.08. The van der Waals surface area contributed by atoms with Crippen LogP contribution in [0.25, 0.3) is 0 Å². The van der Waals surface area contributed by atoms with Gasteiger partial charge in [0.05, 0.1) is 18.3 Å². The fourth-order valence-corrected chi connectivity index (χ4v) is 1.55. The summed E-state index contributed by atoms with van der Waals surface area (Å²) in [5.74, 6) is 6.30. The molecule has 0 saturated heterocycles. The van der Waals surface area contributed by atoms with Crippen LogP contribution in [0.4, 0.5) is 0 Å². The Morgan fingerprint density at radius 3 is 3.12 bits per heavy atom. The predicted molar refractivity (Wildman–Crippen MR) is 63.6 cm³/mol. The van der Waals surface area contributed by atoms with Crippen LogP contribution in [0.1, 0.15) is 20.4 Å². The van der Waals surface area contributed by atoms with Crippen LogP contribution in [0, 0.1) is 18.7 Å². The third-order valence-corrected chi connectivity index (χ3v) is 2.44. The first-order chi connectivity index (χ1) is 8.99. The second-order valence-corrected chi connectivity index (χ2v) is 3.76. The highest BCUT2D eigenvalue weighted by Crippen LogP contribution is 2.10. The van der Waals surface area contributed by atoms with E-state index in [2.05, 4.69) is 21.8 Å². The summed E-state index contributed by atoms with van der Waals surface area (Å²) < 4.78 is 26.8. The Labute approximate surface area is 102 Å². The summed E-state index contributed by atoms with van der Waals surface area (Å²) in [6.07, 6.45) is 3.19. The molecular weight excluding hydrogens is 219 g/mol. The third-order valence-electron chi connectivity index (χ3n) is 1.79. The lowest BCUT2D eigenvalue weighted by atomic mass is 10.2. The van der Waals surface area contributed by atoms with Crippen molar-refractivity contribution in [1.29, 1.82) is 0 Å². The van der Waals surface area contributed by atoms with Crippen LogP contribution in [0.5, 0.6) is 5.75 Å². The number of hydrogen-bond donors (Lipinski definition) is 0. The molecular formula is C12H10N2OS. The Morgan fingerprint density at radius 2 is 2.38 bits per heavy atom. The highest BCUT2D eigenvalue weighted by molar-refractivity contribution is 7.09. The lowest BCUT2D eigenvalue weighted by Gasteiger charge is -1.97. The predicted octanol–water partition coefficient (Wildman–Crippen LogP) is 2.25. The summed E-state index contributed by atoms with van der Waals surface area (Å²) in [6.45, 7) is -2.18. The average molecular weight is 232 g/mol. The zero-order valence-electron chi connectivity index (χ0n) is 11.5. The van der Waals surface area contributed by atoms with Gasteiger partial charge in [-0.3, -0.25) is 4.98 Å². The molecule has 2 aromatic heterocycles. The summed E-state index contributed by atoms with van der Waals surface area (Å²) in [5, 5.41) is 1.73. The molecule has 16 heavy (non-hydrogen) atoms. The summed E-state index contributed by atoms with van der Waals surface area (Å²) in [4.78, 5) is 7.95. The maximum absolute atomic E-state index is 7.24. The van der Waals surface area contributed by atoms with E-state index < -0.39 is 6.85 Å². The van der Waals surface area contributed by atoms with Crippen LogP contribution in [-0.4, -0.2) is 17.1 Å². The normalized spacial score (nSPS) is 12.9. The zero-order chi connectivity index (χ0) is 13.9. The van der Waals surface area contributed by atoms with Crippen molar-refractivity contribution in [3.8, 4) is 17.6 Å². The van der Waals surface area contributed by atoms with Crippen molar-refractivity contribution < 1.29 is 8.85 Å². The van der Waals surface area contributed by atoms with Crippen molar-refractivity contribution in [1.82, 2.24) is 9.97 Å². The van der Waals surface area contributed by atoms with Crippen LogP contribution >= 0.6 is 11.3 Å². The van der Waals surface area contributed by atoms with E-state index in [4.69, 9.17) is 8.85 Å². The lowest BCUT2D eigenvalue weighted by molar-refractivity contribution is 0.413. The minimum Gasteiger partial charge on any atom is -0.495 e. The molecule has 0 saturated carbocycles. The van der Waals surface area contributed by atoms with Gasteiger partial charge < -0.3 is 4.74 Å². The number of ether oxygens (including phenoxy) is 1. The minimum absolute atomic E-state index is 0.0977. The van der Waals surface area contributed by atoms with E-state index in [1.54, 1.807) is 30.9 Å². The maximum atomic E-state index is 7.24.